The molecule has 1 rings (SSSR count). The predicted octanol–water partition coefficient (Wildman–Crippen LogP) is 2.90. The zero-order valence-electron chi connectivity index (χ0n) is 14.1. The molecule has 27 heavy (non-hydrogen) atoms. The van der Waals surface area contributed by atoms with Crippen LogP contribution in [-0.2, 0) is 19.0 Å². The molecule has 0 aromatic heterocycles. The van der Waals surface area contributed by atoms with Crippen molar-refractivity contribution in [3.8, 4) is 5.75 Å². The fraction of sp³-hybridized carbons (Fsp3) is 0.533. The van der Waals surface area contributed by atoms with E-state index < -0.39 is 35.0 Å². The number of hydrogen-bond donors (Lipinski definition) is 0. The average Bonchev–Trinajstić information content (AvgIpc) is 2.64. The van der Waals surface area contributed by atoms with Gasteiger partial charge in [-0.15, -0.1) is 0 Å². The van der Waals surface area contributed by atoms with E-state index in [1.165, 1.54) is 0 Å². The van der Waals surface area contributed by atoms with E-state index in [2.05, 4.69) is 14.8 Å². The average molecular weight is 395 g/mol. The molecule has 0 amide bonds. The van der Waals surface area contributed by atoms with Crippen LogP contribution in [0.1, 0.15) is 6.42 Å². The molecule has 1 aromatic rings. The molecule has 8 nitrogen and oxygen atoms in total. The Labute approximate surface area is 151 Å². The molecule has 0 radical (unpaired) electrons. The fourth-order valence-corrected chi connectivity index (χ4v) is 1.65. The third-order valence-electron chi connectivity index (χ3n) is 2.88. The first-order valence-electron chi connectivity index (χ1n) is 7.75. The summed E-state index contributed by atoms with van der Waals surface area (Å²) in [7, 11) is 0. The van der Waals surface area contributed by atoms with Gasteiger partial charge in [0, 0.05) is 17.5 Å². The zero-order chi connectivity index (χ0) is 20.1. The molecule has 0 saturated carbocycles. The largest absolute Gasteiger partial charge is 0.420 e. The van der Waals surface area contributed by atoms with Gasteiger partial charge in [0.25, 0.3) is 0 Å². The maximum absolute atomic E-state index is 13.3. The van der Waals surface area contributed by atoms with Crippen molar-refractivity contribution in [2.45, 2.75) is 6.42 Å². The minimum Gasteiger partial charge on any atom is -0.420 e. The van der Waals surface area contributed by atoms with Crippen LogP contribution in [0.2, 0.25) is 0 Å². The van der Waals surface area contributed by atoms with Gasteiger partial charge in [0.2, 0.25) is 17.4 Å². The molecule has 12 heteroatoms. The third-order valence-corrected chi connectivity index (χ3v) is 2.88. The van der Waals surface area contributed by atoms with Crippen molar-refractivity contribution in [2.75, 3.05) is 46.2 Å². The molecular formula is C15H17F4N3O5. The summed E-state index contributed by atoms with van der Waals surface area (Å²) in [6.07, 6.45) is -0.389. The van der Waals surface area contributed by atoms with Crippen molar-refractivity contribution < 1.29 is 41.3 Å². The highest BCUT2D eigenvalue weighted by Gasteiger charge is 2.22. The van der Waals surface area contributed by atoms with E-state index >= 15 is 0 Å². The Balaban J connectivity index is 2.13. The standard InChI is InChI=1S/C15H17F4N3O5/c16-10-9-11(17)14(19)15(13(10)18)27-12(23)1-3-24-5-7-26-8-6-25-4-2-21-22-20/h9H,1-8H2. The number of halogens is 4. The summed E-state index contributed by atoms with van der Waals surface area (Å²) in [5, 5.41) is 3.28. The van der Waals surface area contributed by atoms with E-state index in [4.69, 9.17) is 19.7 Å². The lowest BCUT2D eigenvalue weighted by molar-refractivity contribution is -0.136. The van der Waals surface area contributed by atoms with Gasteiger partial charge in [-0.1, -0.05) is 5.11 Å². The van der Waals surface area contributed by atoms with Crippen LogP contribution in [0.3, 0.4) is 0 Å². The van der Waals surface area contributed by atoms with E-state index in [-0.39, 0.29) is 52.1 Å². The van der Waals surface area contributed by atoms with Crippen molar-refractivity contribution in [1.82, 2.24) is 0 Å². The minimum atomic E-state index is -1.79. The topological polar surface area (TPSA) is 103 Å². The first-order valence-corrected chi connectivity index (χ1v) is 7.75. The summed E-state index contributed by atoms with van der Waals surface area (Å²) in [4.78, 5) is 14.0. The molecule has 0 N–H and O–H groups in total. The molecule has 0 unspecified atom stereocenters. The number of esters is 1. The van der Waals surface area contributed by atoms with E-state index in [0.29, 0.717) is 6.61 Å². The number of benzene rings is 1. The molecule has 0 fully saturated rings. The Kier molecular flexibility index (Phi) is 10.8. The summed E-state index contributed by atoms with van der Waals surface area (Å²) in [5.41, 5.74) is 8.04. The molecule has 0 spiro atoms. The third kappa shape index (κ3) is 8.69. The highest BCUT2D eigenvalue weighted by molar-refractivity contribution is 5.72. The zero-order valence-corrected chi connectivity index (χ0v) is 14.1. The first kappa shape index (κ1) is 22.6. The van der Waals surface area contributed by atoms with E-state index in [1.807, 2.05) is 0 Å². The van der Waals surface area contributed by atoms with Gasteiger partial charge in [-0.3, -0.25) is 4.79 Å². The van der Waals surface area contributed by atoms with E-state index in [0.717, 1.165) is 0 Å². The number of azide groups is 1. The molecule has 0 heterocycles. The predicted molar refractivity (Wildman–Crippen MR) is 83.0 cm³/mol. The molecule has 0 saturated heterocycles. The monoisotopic (exact) mass is 395 g/mol. The lowest BCUT2D eigenvalue weighted by atomic mass is 10.3. The van der Waals surface area contributed by atoms with E-state index in [1.54, 1.807) is 0 Å². The lowest BCUT2D eigenvalue weighted by Gasteiger charge is -2.08. The summed E-state index contributed by atoms with van der Waals surface area (Å²) in [5.74, 6) is -9.48. The first-order chi connectivity index (χ1) is 13.0. The second-order valence-electron chi connectivity index (χ2n) is 4.81. The Hall–Kier alpha value is -2.40. The second kappa shape index (κ2) is 12.9. The molecule has 0 aliphatic rings. The number of carbonyl (C=O) groups excluding carboxylic acids is 1. The molecule has 150 valence electrons. The Bertz CT molecular complexity index is 645. The highest BCUT2D eigenvalue weighted by atomic mass is 19.2. The normalized spacial score (nSPS) is 10.5. The summed E-state index contributed by atoms with van der Waals surface area (Å²) in [6, 6.07) is 0.0103. The Morgan fingerprint density at radius 3 is 2.00 bits per heavy atom. The van der Waals surface area contributed by atoms with Crippen LogP contribution in [0.5, 0.6) is 5.75 Å². The Morgan fingerprint density at radius 1 is 0.926 bits per heavy atom. The van der Waals surface area contributed by atoms with Crippen LogP contribution in [0.25, 0.3) is 10.4 Å². The summed E-state index contributed by atoms with van der Waals surface area (Å²) >= 11 is 0. The van der Waals surface area contributed by atoms with Gasteiger partial charge in [-0.25, -0.2) is 8.78 Å². The van der Waals surface area contributed by atoms with Crippen molar-refractivity contribution >= 4 is 5.97 Å². The van der Waals surface area contributed by atoms with Crippen molar-refractivity contribution in [3.05, 3.63) is 39.8 Å². The van der Waals surface area contributed by atoms with Gasteiger partial charge in [-0.2, -0.15) is 8.78 Å². The maximum Gasteiger partial charge on any atom is 0.313 e. The van der Waals surface area contributed by atoms with Crippen molar-refractivity contribution in [1.29, 1.82) is 0 Å². The molecule has 0 atom stereocenters. The molecular weight excluding hydrogens is 378 g/mol. The summed E-state index contributed by atoms with van der Waals surface area (Å²) in [6.45, 7) is 1.27. The fourth-order valence-electron chi connectivity index (χ4n) is 1.65. The SMILES string of the molecule is [N-]=[N+]=NCCOCCOCCOCCC(=O)Oc1c(F)c(F)cc(F)c1F. The van der Waals surface area contributed by atoms with Gasteiger partial charge in [0.05, 0.1) is 46.1 Å². The number of ether oxygens (including phenoxy) is 4. The molecule has 1 aromatic carbocycles. The van der Waals surface area contributed by atoms with Crippen LogP contribution in [-0.4, -0.2) is 52.2 Å². The maximum atomic E-state index is 13.3. The van der Waals surface area contributed by atoms with Crippen LogP contribution in [0.15, 0.2) is 11.2 Å². The van der Waals surface area contributed by atoms with Gasteiger partial charge >= 0.3 is 5.97 Å². The van der Waals surface area contributed by atoms with Crippen molar-refractivity contribution in [2.24, 2.45) is 5.11 Å². The molecule has 0 aliphatic carbocycles. The van der Waals surface area contributed by atoms with Gasteiger partial charge < -0.3 is 18.9 Å². The number of carbonyl (C=O) groups is 1. The van der Waals surface area contributed by atoms with E-state index in [9.17, 15) is 22.4 Å². The van der Waals surface area contributed by atoms with Crippen LogP contribution in [0, 0.1) is 23.3 Å². The highest BCUT2D eigenvalue weighted by Crippen LogP contribution is 2.26. The smallest absolute Gasteiger partial charge is 0.313 e. The second-order valence-corrected chi connectivity index (χ2v) is 4.81. The van der Waals surface area contributed by atoms with Crippen LogP contribution < -0.4 is 4.74 Å². The van der Waals surface area contributed by atoms with Gasteiger partial charge in [0.15, 0.2) is 11.6 Å². The van der Waals surface area contributed by atoms with Crippen molar-refractivity contribution in [3.63, 3.8) is 0 Å². The number of nitrogens with zero attached hydrogens (tertiary/aromatic N) is 3. The number of hydrogen-bond acceptors (Lipinski definition) is 6. The quantitative estimate of drug-likeness (QED) is 0.0747. The minimum absolute atomic E-state index is 0.0103. The van der Waals surface area contributed by atoms with Crippen LogP contribution in [0.4, 0.5) is 17.6 Å². The van der Waals surface area contributed by atoms with Crippen LogP contribution >= 0.6 is 0 Å². The number of rotatable bonds is 13. The lowest BCUT2D eigenvalue weighted by Crippen LogP contribution is -2.16. The summed E-state index contributed by atoms with van der Waals surface area (Å²) < 4.78 is 72.3. The molecule has 0 aliphatic heterocycles. The Morgan fingerprint density at radius 2 is 1.44 bits per heavy atom. The van der Waals surface area contributed by atoms with Gasteiger partial charge in [-0.05, 0) is 5.53 Å². The van der Waals surface area contributed by atoms with Gasteiger partial charge in [0.1, 0.15) is 0 Å². The molecule has 0 bridgehead atoms.